The van der Waals surface area contributed by atoms with E-state index in [0.717, 1.165) is 19.5 Å². The zero-order chi connectivity index (χ0) is 15.8. The van der Waals surface area contributed by atoms with Crippen LogP contribution in [0, 0.1) is 11.8 Å². The average Bonchev–Trinajstić information content (AvgIpc) is 2.46. The molecule has 1 aliphatic rings. The Balaban J connectivity index is 2.35. The zero-order valence-corrected chi connectivity index (χ0v) is 13.6. The van der Waals surface area contributed by atoms with Gasteiger partial charge in [0.1, 0.15) is 0 Å². The van der Waals surface area contributed by atoms with Gasteiger partial charge in [0.25, 0.3) is 0 Å². The lowest BCUT2D eigenvalue weighted by Gasteiger charge is -2.35. The molecular formula is C15H30N4O2. The molecule has 6 heteroatoms. The summed E-state index contributed by atoms with van der Waals surface area (Å²) in [5.41, 5.74) is 5.77. The molecule has 0 saturated carbocycles. The van der Waals surface area contributed by atoms with E-state index in [9.17, 15) is 9.59 Å². The highest BCUT2D eigenvalue weighted by Gasteiger charge is 2.24. The number of nitrogens with two attached hydrogens (primary N) is 1. The van der Waals surface area contributed by atoms with Gasteiger partial charge in [0.05, 0.1) is 6.54 Å². The normalized spacial score (nSPS) is 17.9. The Hall–Kier alpha value is -1.14. The number of hydrogen-bond acceptors (Lipinski definition) is 4. The number of nitrogens with one attached hydrogen (secondary N) is 1. The molecule has 2 amide bonds. The SMILES string of the molecule is CNC(=O)CN1CCN(C(=O)CC(CN)CC(C)C)CC1. The van der Waals surface area contributed by atoms with Crippen LogP contribution in [0.15, 0.2) is 0 Å². The lowest BCUT2D eigenvalue weighted by atomic mass is 9.93. The summed E-state index contributed by atoms with van der Waals surface area (Å²) in [7, 11) is 1.64. The molecule has 1 atom stereocenters. The van der Waals surface area contributed by atoms with Gasteiger partial charge < -0.3 is 16.0 Å². The maximum atomic E-state index is 12.3. The third-order valence-corrected chi connectivity index (χ3v) is 3.97. The van der Waals surface area contributed by atoms with E-state index < -0.39 is 0 Å². The predicted octanol–water partition coefficient (Wildman–Crippen LogP) is -0.112. The van der Waals surface area contributed by atoms with Crippen LogP contribution in [0.1, 0.15) is 26.7 Å². The van der Waals surface area contributed by atoms with Crippen LogP contribution >= 0.6 is 0 Å². The second-order valence-electron chi connectivity index (χ2n) is 6.27. The molecule has 3 N–H and O–H groups in total. The van der Waals surface area contributed by atoms with E-state index in [4.69, 9.17) is 5.73 Å². The van der Waals surface area contributed by atoms with Gasteiger partial charge in [-0.25, -0.2) is 0 Å². The molecule has 1 unspecified atom stereocenters. The number of piperazine rings is 1. The fourth-order valence-electron chi connectivity index (χ4n) is 2.74. The summed E-state index contributed by atoms with van der Waals surface area (Å²) in [4.78, 5) is 27.6. The summed E-state index contributed by atoms with van der Waals surface area (Å²) in [6.07, 6.45) is 1.54. The van der Waals surface area contributed by atoms with Crippen molar-refractivity contribution in [2.45, 2.75) is 26.7 Å². The zero-order valence-electron chi connectivity index (χ0n) is 13.6. The maximum Gasteiger partial charge on any atom is 0.233 e. The first kappa shape index (κ1) is 17.9. The molecule has 0 aromatic carbocycles. The molecule has 0 spiro atoms. The highest BCUT2D eigenvalue weighted by Crippen LogP contribution is 2.16. The Labute approximate surface area is 128 Å². The average molecular weight is 298 g/mol. The molecule has 0 aromatic rings. The molecule has 0 aromatic heterocycles. The van der Waals surface area contributed by atoms with E-state index in [1.807, 2.05) is 4.90 Å². The number of hydrogen-bond donors (Lipinski definition) is 2. The molecule has 122 valence electrons. The van der Waals surface area contributed by atoms with E-state index in [0.29, 0.717) is 38.5 Å². The lowest BCUT2D eigenvalue weighted by molar-refractivity contribution is -0.134. The van der Waals surface area contributed by atoms with Gasteiger partial charge in [-0.1, -0.05) is 13.8 Å². The molecule has 0 bridgehead atoms. The number of rotatable bonds is 7. The van der Waals surface area contributed by atoms with Gasteiger partial charge in [-0.15, -0.1) is 0 Å². The van der Waals surface area contributed by atoms with Crippen LogP contribution in [0.4, 0.5) is 0 Å². The summed E-state index contributed by atoms with van der Waals surface area (Å²) < 4.78 is 0. The van der Waals surface area contributed by atoms with Crippen molar-refractivity contribution in [2.75, 3.05) is 46.3 Å². The third kappa shape index (κ3) is 6.44. The molecule has 0 aliphatic carbocycles. The largest absolute Gasteiger partial charge is 0.358 e. The van der Waals surface area contributed by atoms with E-state index in [1.165, 1.54) is 0 Å². The van der Waals surface area contributed by atoms with Crippen molar-refractivity contribution in [1.82, 2.24) is 15.1 Å². The number of carbonyl (C=O) groups excluding carboxylic acids is 2. The Morgan fingerprint density at radius 1 is 1.19 bits per heavy atom. The molecule has 21 heavy (non-hydrogen) atoms. The second-order valence-corrected chi connectivity index (χ2v) is 6.27. The van der Waals surface area contributed by atoms with Gasteiger partial charge >= 0.3 is 0 Å². The van der Waals surface area contributed by atoms with Crippen LogP contribution in [0.5, 0.6) is 0 Å². The highest BCUT2D eigenvalue weighted by atomic mass is 16.2. The van der Waals surface area contributed by atoms with Crippen LogP contribution in [0.25, 0.3) is 0 Å². The van der Waals surface area contributed by atoms with Crippen LogP contribution in [0.2, 0.25) is 0 Å². The van der Waals surface area contributed by atoms with E-state index in [-0.39, 0.29) is 17.7 Å². The van der Waals surface area contributed by atoms with Gasteiger partial charge in [0.2, 0.25) is 11.8 Å². The summed E-state index contributed by atoms with van der Waals surface area (Å²) in [5.74, 6) is 1.07. The van der Waals surface area contributed by atoms with Crippen molar-refractivity contribution < 1.29 is 9.59 Å². The second kappa shape index (κ2) is 9.00. The summed E-state index contributed by atoms with van der Waals surface area (Å²) in [5, 5.41) is 2.62. The first-order valence-corrected chi connectivity index (χ1v) is 7.87. The first-order chi connectivity index (χ1) is 9.96. The molecule has 1 aliphatic heterocycles. The number of carbonyl (C=O) groups is 2. The van der Waals surface area contributed by atoms with Crippen LogP contribution in [0.3, 0.4) is 0 Å². The quantitative estimate of drug-likeness (QED) is 0.687. The van der Waals surface area contributed by atoms with Crippen molar-refractivity contribution >= 4 is 11.8 Å². The molecule has 1 saturated heterocycles. The van der Waals surface area contributed by atoms with Crippen molar-refractivity contribution in [3.63, 3.8) is 0 Å². The Morgan fingerprint density at radius 3 is 2.29 bits per heavy atom. The van der Waals surface area contributed by atoms with Gasteiger partial charge in [-0.05, 0) is 24.8 Å². The standard InChI is InChI=1S/C15H30N4O2/c1-12(2)8-13(10-16)9-15(21)19-6-4-18(5-7-19)11-14(20)17-3/h12-13H,4-11,16H2,1-3H3,(H,17,20). The Bertz CT molecular complexity index is 339. The lowest BCUT2D eigenvalue weighted by Crippen LogP contribution is -2.51. The molecule has 0 radical (unpaired) electrons. The fourth-order valence-corrected chi connectivity index (χ4v) is 2.74. The molecule has 1 rings (SSSR count). The van der Waals surface area contributed by atoms with Crippen LogP contribution in [-0.4, -0.2) is 67.9 Å². The van der Waals surface area contributed by atoms with Crippen LogP contribution < -0.4 is 11.1 Å². The van der Waals surface area contributed by atoms with Gasteiger partial charge in [0, 0.05) is 39.6 Å². The topological polar surface area (TPSA) is 78.7 Å². The number of nitrogens with zero attached hydrogens (tertiary/aromatic N) is 2. The highest BCUT2D eigenvalue weighted by molar-refractivity contribution is 5.78. The molecule has 1 heterocycles. The van der Waals surface area contributed by atoms with E-state index >= 15 is 0 Å². The van der Waals surface area contributed by atoms with Gasteiger partial charge in [0.15, 0.2) is 0 Å². The maximum absolute atomic E-state index is 12.3. The van der Waals surface area contributed by atoms with Crippen molar-refractivity contribution in [3.05, 3.63) is 0 Å². The third-order valence-electron chi connectivity index (χ3n) is 3.97. The molecular weight excluding hydrogens is 268 g/mol. The minimum atomic E-state index is 0.0231. The number of amides is 2. The van der Waals surface area contributed by atoms with Gasteiger partial charge in [-0.2, -0.15) is 0 Å². The monoisotopic (exact) mass is 298 g/mol. The van der Waals surface area contributed by atoms with Gasteiger partial charge in [-0.3, -0.25) is 14.5 Å². The summed E-state index contributed by atoms with van der Waals surface area (Å²) in [6, 6.07) is 0. The predicted molar refractivity (Wildman–Crippen MR) is 83.7 cm³/mol. The first-order valence-electron chi connectivity index (χ1n) is 7.87. The summed E-state index contributed by atoms with van der Waals surface area (Å²) in [6.45, 7) is 8.23. The van der Waals surface area contributed by atoms with E-state index in [1.54, 1.807) is 7.05 Å². The summed E-state index contributed by atoms with van der Waals surface area (Å²) >= 11 is 0. The fraction of sp³-hybridized carbons (Fsp3) is 0.867. The molecule has 6 nitrogen and oxygen atoms in total. The van der Waals surface area contributed by atoms with Crippen molar-refractivity contribution in [3.8, 4) is 0 Å². The number of likely N-dealkylation sites (N-methyl/N-ethyl adjacent to an activating group) is 1. The minimum Gasteiger partial charge on any atom is -0.358 e. The van der Waals surface area contributed by atoms with Crippen molar-refractivity contribution in [1.29, 1.82) is 0 Å². The van der Waals surface area contributed by atoms with Crippen molar-refractivity contribution in [2.24, 2.45) is 17.6 Å². The molecule has 1 fully saturated rings. The van der Waals surface area contributed by atoms with Crippen LogP contribution in [-0.2, 0) is 9.59 Å². The smallest absolute Gasteiger partial charge is 0.233 e. The Kier molecular flexibility index (Phi) is 7.67. The van der Waals surface area contributed by atoms with E-state index in [2.05, 4.69) is 24.1 Å². The minimum absolute atomic E-state index is 0.0231. The Morgan fingerprint density at radius 2 is 1.81 bits per heavy atom.